The summed E-state index contributed by atoms with van der Waals surface area (Å²) < 4.78 is 0. The molecular weight excluding hydrogens is 299 g/mol. The summed E-state index contributed by atoms with van der Waals surface area (Å²) in [6.07, 6.45) is 1.59. The Morgan fingerprint density at radius 3 is 2.70 bits per heavy atom. The maximum atomic E-state index is 12.1. The fourth-order valence-electron chi connectivity index (χ4n) is 2.34. The molecule has 1 heterocycles. The molecule has 0 aromatic heterocycles. The molecule has 1 aromatic rings. The van der Waals surface area contributed by atoms with Crippen LogP contribution >= 0.6 is 23.2 Å². The normalized spacial score (nSPS) is 18.3. The van der Waals surface area contributed by atoms with Crippen LogP contribution in [0.4, 0.5) is 0 Å². The minimum Gasteiger partial charge on any atom is -0.369 e. The van der Waals surface area contributed by atoms with Crippen molar-refractivity contribution in [1.82, 2.24) is 4.90 Å². The van der Waals surface area contributed by atoms with Gasteiger partial charge in [0.25, 0.3) is 0 Å². The van der Waals surface area contributed by atoms with E-state index < -0.39 is 0 Å². The molecular formula is C14H16Cl2N2O2. The van der Waals surface area contributed by atoms with Crippen molar-refractivity contribution in [3.63, 3.8) is 0 Å². The van der Waals surface area contributed by atoms with E-state index in [1.165, 1.54) is 0 Å². The minimum atomic E-state index is -0.332. The summed E-state index contributed by atoms with van der Waals surface area (Å²) in [6.45, 7) is 1.03. The van der Waals surface area contributed by atoms with Gasteiger partial charge in [-0.1, -0.05) is 29.3 Å². The average Bonchev–Trinajstić information content (AvgIpc) is 2.87. The number of hydrogen-bond donors (Lipinski definition) is 1. The quantitative estimate of drug-likeness (QED) is 0.926. The molecule has 0 radical (unpaired) electrons. The largest absolute Gasteiger partial charge is 0.369 e. The average molecular weight is 315 g/mol. The summed E-state index contributed by atoms with van der Waals surface area (Å²) in [5, 5.41) is 1.15. The lowest BCUT2D eigenvalue weighted by molar-refractivity contribution is -0.130. The molecule has 0 bridgehead atoms. The van der Waals surface area contributed by atoms with Crippen molar-refractivity contribution in [2.24, 2.45) is 11.7 Å². The topological polar surface area (TPSA) is 63.4 Å². The lowest BCUT2D eigenvalue weighted by atomic mass is 10.1. The minimum absolute atomic E-state index is 0.0276. The van der Waals surface area contributed by atoms with Gasteiger partial charge in [0, 0.05) is 29.6 Å². The second-order valence-corrected chi connectivity index (χ2v) is 5.81. The van der Waals surface area contributed by atoms with Gasteiger partial charge < -0.3 is 10.6 Å². The Bertz CT molecular complexity index is 534. The highest BCUT2D eigenvalue weighted by molar-refractivity contribution is 6.35. The number of carbonyl (C=O) groups is 2. The van der Waals surface area contributed by atoms with Gasteiger partial charge in [-0.05, 0) is 30.5 Å². The molecule has 1 aliphatic rings. The molecule has 4 nitrogen and oxygen atoms in total. The van der Waals surface area contributed by atoms with E-state index in [0.717, 1.165) is 5.56 Å². The number of primary amides is 1. The van der Waals surface area contributed by atoms with Crippen molar-refractivity contribution in [2.45, 2.75) is 19.3 Å². The van der Waals surface area contributed by atoms with Crippen LogP contribution in [0.3, 0.4) is 0 Å². The summed E-state index contributed by atoms with van der Waals surface area (Å²) in [5.41, 5.74) is 6.15. The van der Waals surface area contributed by atoms with Crippen molar-refractivity contribution in [2.75, 3.05) is 13.1 Å². The Hall–Kier alpha value is -1.26. The zero-order chi connectivity index (χ0) is 14.7. The van der Waals surface area contributed by atoms with Crippen molar-refractivity contribution in [3.05, 3.63) is 33.8 Å². The van der Waals surface area contributed by atoms with Crippen LogP contribution in [0.15, 0.2) is 18.2 Å². The van der Waals surface area contributed by atoms with Crippen LogP contribution in [-0.2, 0) is 16.0 Å². The lowest BCUT2D eigenvalue weighted by Gasteiger charge is -2.16. The highest BCUT2D eigenvalue weighted by Crippen LogP contribution is 2.23. The Kier molecular flexibility index (Phi) is 4.89. The van der Waals surface area contributed by atoms with Crippen LogP contribution in [0.5, 0.6) is 0 Å². The van der Waals surface area contributed by atoms with E-state index in [9.17, 15) is 9.59 Å². The lowest BCUT2D eigenvalue weighted by Crippen LogP contribution is -2.31. The number of nitrogens with two attached hydrogens (primary N) is 1. The summed E-state index contributed by atoms with van der Waals surface area (Å²) in [5.74, 6) is -0.515. The summed E-state index contributed by atoms with van der Waals surface area (Å²) in [4.78, 5) is 24.8. The smallest absolute Gasteiger partial charge is 0.222 e. The van der Waals surface area contributed by atoms with Gasteiger partial charge in [0.15, 0.2) is 0 Å². The summed E-state index contributed by atoms with van der Waals surface area (Å²) in [6, 6.07) is 5.25. The van der Waals surface area contributed by atoms with E-state index in [1.807, 2.05) is 6.07 Å². The number of benzene rings is 1. The van der Waals surface area contributed by atoms with Gasteiger partial charge in [-0.15, -0.1) is 0 Å². The number of nitrogens with zero attached hydrogens (tertiary/aromatic N) is 1. The molecule has 1 aliphatic heterocycles. The monoisotopic (exact) mass is 314 g/mol. The molecule has 2 amide bonds. The van der Waals surface area contributed by atoms with E-state index in [1.54, 1.807) is 17.0 Å². The standard InChI is InChI=1S/C14H16Cl2N2O2/c15-11-3-1-9(12(16)7-11)2-4-13(19)18-6-5-10(8-18)14(17)20/h1,3,7,10H,2,4-6,8H2,(H2,17,20)/t10-/m1/s1. The fourth-order valence-corrected chi connectivity index (χ4v) is 2.85. The van der Waals surface area contributed by atoms with Crippen LogP contribution in [0, 0.1) is 5.92 Å². The Morgan fingerprint density at radius 1 is 1.35 bits per heavy atom. The molecule has 0 unspecified atom stereocenters. The molecule has 1 atom stereocenters. The number of likely N-dealkylation sites (tertiary alicyclic amines) is 1. The predicted molar refractivity (Wildman–Crippen MR) is 78.7 cm³/mol. The first-order valence-corrected chi connectivity index (χ1v) is 7.24. The number of aryl methyl sites for hydroxylation is 1. The van der Waals surface area contributed by atoms with Crippen LogP contribution in [0.25, 0.3) is 0 Å². The highest BCUT2D eigenvalue weighted by Gasteiger charge is 2.29. The molecule has 20 heavy (non-hydrogen) atoms. The summed E-state index contributed by atoms with van der Waals surface area (Å²) in [7, 11) is 0. The Morgan fingerprint density at radius 2 is 2.10 bits per heavy atom. The first kappa shape index (κ1) is 15.1. The second kappa shape index (κ2) is 6.46. The van der Waals surface area contributed by atoms with Gasteiger partial charge >= 0.3 is 0 Å². The van der Waals surface area contributed by atoms with Crippen LogP contribution in [0.2, 0.25) is 10.0 Å². The van der Waals surface area contributed by atoms with Crippen LogP contribution in [-0.4, -0.2) is 29.8 Å². The molecule has 108 valence electrons. The SMILES string of the molecule is NC(=O)[C@@H]1CCN(C(=O)CCc2ccc(Cl)cc2Cl)C1. The first-order valence-electron chi connectivity index (χ1n) is 6.48. The maximum absolute atomic E-state index is 12.1. The third kappa shape index (κ3) is 3.64. The van der Waals surface area contributed by atoms with Crippen LogP contribution in [0.1, 0.15) is 18.4 Å². The molecule has 0 saturated carbocycles. The maximum Gasteiger partial charge on any atom is 0.222 e. The molecule has 1 aromatic carbocycles. The second-order valence-electron chi connectivity index (χ2n) is 4.96. The fraction of sp³-hybridized carbons (Fsp3) is 0.429. The Labute approximate surface area is 127 Å². The third-order valence-electron chi connectivity index (χ3n) is 3.57. The van der Waals surface area contributed by atoms with Crippen LogP contribution < -0.4 is 5.73 Å². The molecule has 0 aliphatic carbocycles. The van der Waals surface area contributed by atoms with Crippen molar-refractivity contribution in [1.29, 1.82) is 0 Å². The molecule has 0 spiro atoms. The molecule has 1 fully saturated rings. The number of amides is 2. The number of rotatable bonds is 4. The van der Waals surface area contributed by atoms with Gasteiger partial charge in [-0.25, -0.2) is 0 Å². The zero-order valence-corrected chi connectivity index (χ0v) is 12.5. The molecule has 2 N–H and O–H groups in total. The predicted octanol–water partition coefficient (Wildman–Crippen LogP) is 2.26. The van der Waals surface area contributed by atoms with Gasteiger partial charge in [0.05, 0.1) is 5.92 Å². The molecule has 1 saturated heterocycles. The van der Waals surface area contributed by atoms with Gasteiger partial charge in [-0.2, -0.15) is 0 Å². The van der Waals surface area contributed by atoms with Gasteiger partial charge in [0.1, 0.15) is 0 Å². The van der Waals surface area contributed by atoms with Gasteiger partial charge in [-0.3, -0.25) is 9.59 Å². The van der Waals surface area contributed by atoms with Crippen molar-refractivity contribution in [3.8, 4) is 0 Å². The van der Waals surface area contributed by atoms with E-state index in [0.29, 0.717) is 42.4 Å². The van der Waals surface area contributed by atoms with Gasteiger partial charge in [0.2, 0.25) is 11.8 Å². The Balaban J connectivity index is 1.88. The van der Waals surface area contributed by atoms with Crippen molar-refractivity contribution >= 4 is 35.0 Å². The third-order valence-corrected chi connectivity index (χ3v) is 4.15. The number of hydrogen-bond acceptors (Lipinski definition) is 2. The van der Waals surface area contributed by atoms with E-state index in [2.05, 4.69) is 0 Å². The number of halogens is 2. The van der Waals surface area contributed by atoms with Crippen molar-refractivity contribution < 1.29 is 9.59 Å². The number of carbonyl (C=O) groups excluding carboxylic acids is 2. The zero-order valence-electron chi connectivity index (χ0n) is 10.9. The van der Waals surface area contributed by atoms with E-state index in [4.69, 9.17) is 28.9 Å². The first-order chi connectivity index (χ1) is 9.47. The molecule has 2 rings (SSSR count). The van der Waals surface area contributed by atoms with E-state index in [-0.39, 0.29) is 17.7 Å². The molecule has 6 heteroatoms. The van der Waals surface area contributed by atoms with E-state index >= 15 is 0 Å². The highest BCUT2D eigenvalue weighted by atomic mass is 35.5. The summed E-state index contributed by atoms with van der Waals surface area (Å²) >= 11 is 11.9.